The van der Waals surface area contributed by atoms with Gasteiger partial charge in [0.05, 0.1) is 10.2 Å². The van der Waals surface area contributed by atoms with Crippen molar-refractivity contribution in [3.8, 4) is 0 Å². The first kappa shape index (κ1) is 19.1. The number of halogens is 1. The van der Waals surface area contributed by atoms with Crippen LogP contribution in [0.25, 0.3) is 0 Å². The summed E-state index contributed by atoms with van der Waals surface area (Å²) in [5.41, 5.74) is 4.17. The van der Waals surface area contributed by atoms with Crippen molar-refractivity contribution >= 4 is 21.8 Å². The summed E-state index contributed by atoms with van der Waals surface area (Å²) in [4.78, 5) is 17.3. The SMILES string of the molecule is Cc1ccccc1CN1CCCN(C(=O)c2n[nH]c(C(C)C)c2Br)CC1. The molecule has 1 fully saturated rings. The molecule has 0 bridgehead atoms. The summed E-state index contributed by atoms with van der Waals surface area (Å²) in [5, 5.41) is 7.27. The van der Waals surface area contributed by atoms with Crippen molar-refractivity contribution in [2.24, 2.45) is 0 Å². The molecule has 1 saturated heterocycles. The molecule has 0 saturated carbocycles. The van der Waals surface area contributed by atoms with Crippen LogP contribution < -0.4 is 0 Å². The number of benzene rings is 1. The molecule has 5 nitrogen and oxygen atoms in total. The van der Waals surface area contributed by atoms with E-state index >= 15 is 0 Å². The third kappa shape index (κ3) is 4.18. The molecule has 2 aromatic rings. The number of carbonyl (C=O) groups excluding carboxylic acids is 1. The van der Waals surface area contributed by atoms with Crippen LogP contribution in [0.1, 0.15) is 53.5 Å². The second-order valence-electron chi connectivity index (χ2n) is 7.30. The fourth-order valence-corrected chi connectivity index (χ4v) is 4.18. The Balaban J connectivity index is 1.65. The first-order valence-corrected chi connectivity index (χ1v) is 10.1. The van der Waals surface area contributed by atoms with E-state index in [4.69, 9.17) is 0 Å². The summed E-state index contributed by atoms with van der Waals surface area (Å²) in [5.74, 6) is 0.310. The Hall–Kier alpha value is -1.66. The summed E-state index contributed by atoms with van der Waals surface area (Å²) in [6, 6.07) is 8.52. The van der Waals surface area contributed by atoms with Crippen molar-refractivity contribution in [1.29, 1.82) is 0 Å². The Bertz CT molecular complexity index is 771. The van der Waals surface area contributed by atoms with Crippen LogP contribution in [-0.4, -0.2) is 52.1 Å². The maximum Gasteiger partial charge on any atom is 0.275 e. The van der Waals surface area contributed by atoms with Gasteiger partial charge in [0.2, 0.25) is 0 Å². The van der Waals surface area contributed by atoms with Gasteiger partial charge in [0.15, 0.2) is 5.69 Å². The molecule has 0 unspecified atom stereocenters. The number of aryl methyl sites for hydroxylation is 1. The van der Waals surface area contributed by atoms with Crippen LogP contribution >= 0.6 is 15.9 Å². The van der Waals surface area contributed by atoms with Crippen LogP contribution in [0, 0.1) is 6.92 Å². The maximum atomic E-state index is 12.9. The number of carbonyl (C=O) groups is 1. The molecule has 0 spiro atoms. The van der Waals surface area contributed by atoms with Gasteiger partial charge in [-0.3, -0.25) is 14.8 Å². The molecular weight excluding hydrogens is 392 g/mol. The van der Waals surface area contributed by atoms with Crippen molar-refractivity contribution < 1.29 is 4.79 Å². The van der Waals surface area contributed by atoms with Crippen molar-refractivity contribution in [2.75, 3.05) is 26.2 Å². The normalized spacial score (nSPS) is 16.1. The zero-order valence-electron chi connectivity index (χ0n) is 15.8. The lowest BCUT2D eigenvalue weighted by Gasteiger charge is -2.22. The number of aromatic nitrogens is 2. The maximum absolute atomic E-state index is 12.9. The molecule has 1 aliphatic heterocycles. The third-order valence-corrected chi connectivity index (χ3v) is 5.85. The topological polar surface area (TPSA) is 52.2 Å². The molecule has 26 heavy (non-hydrogen) atoms. The minimum Gasteiger partial charge on any atom is -0.336 e. The number of nitrogens with one attached hydrogen (secondary N) is 1. The predicted octanol–water partition coefficient (Wildman–Crippen LogP) is 3.95. The first-order valence-electron chi connectivity index (χ1n) is 9.27. The van der Waals surface area contributed by atoms with E-state index in [1.807, 2.05) is 4.90 Å². The largest absolute Gasteiger partial charge is 0.336 e. The number of hydrogen-bond donors (Lipinski definition) is 1. The zero-order valence-corrected chi connectivity index (χ0v) is 17.3. The molecule has 140 valence electrons. The lowest BCUT2D eigenvalue weighted by molar-refractivity contribution is 0.0754. The average molecular weight is 419 g/mol. The molecular formula is C20H27BrN4O. The fraction of sp³-hybridized carbons (Fsp3) is 0.500. The number of amides is 1. The van der Waals surface area contributed by atoms with E-state index in [1.165, 1.54) is 11.1 Å². The molecule has 1 amide bonds. The van der Waals surface area contributed by atoms with Gasteiger partial charge >= 0.3 is 0 Å². The van der Waals surface area contributed by atoms with Crippen molar-refractivity contribution in [3.63, 3.8) is 0 Å². The van der Waals surface area contributed by atoms with E-state index in [-0.39, 0.29) is 5.91 Å². The molecule has 2 heterocycles. The molecule has 0 atom stereocenters. The van der Waals surface area contributed by atoms with E-state index in [0.29, 0.717) is 11.6 Å². The predicted molar refractivity (Wildman–Crippen MR) is 107 cm³/mol. The highest BCUT2D eigenvalue weighted by atomic mass is 79.9. The second kappa shape index (κ2) is 8.35. The molecule has 1 aliphatic rings. The summed E-state index contributed by atoms with van der Waals surface area (Å²) in [6.45, 7) is 10.7. The van der Waals surface area contributed by atoms with Crippen LogP contribution in [0.5, 0.6) is 0 Å². The van der Waals surface area contributed by atoms with Gasteiger partial charge in [-0.05, 0) is 46.3 Å². The summed E-state index contributed by atoms with van der Waals surface area (Å²) in [7, 11) is 0. The van der Waals surface area contributed by atoms with E-state index in [2.05, 4.69) is 76.1 Å². The Kier molecular flexibility index (Phi) is 6.14. The van der Waals surface area contributed by atoms with Gasteiger partial charge in [-0.15, -0.1) is 0 Å². The van der Waals surface area contributed by atoms with Crippen LogP contribution in [0.15, 0.2) is 28.7 Å². The number of rotatable bonds is 4. The van der Waals surface area contributed by atoms with Gasteiger partial charge in [0, 0.05) is 32.7 Å². The van der Waals surface area contributed by atoms with Gasteiger partial charge in [0.1, 0.15) is 0 Å². The Morgan fingerprint density at radius 2 is 2.00 bits per heavy atom. The van der Waals surface area contributed by atoms with Crippen molar-refractivity contribution in [2.45, 2.75) is 39.7 Å². The summed E-state index contributed by atoms with van der Waals surface area (Å²) >= 11 is 3.55. The minimum atomic E-state index is 0.0118. The quantitative estimate of drug-likeness (QED) is 0.817. The van der Waals surface area contributed by atoms with E-state index in [9.17, 15) is 4.79 Å². The van der Waals surface area contributed by atoms with Crippen molar-refractivity contribution in [3.05, 3.63) is 51.3 Å². The number of nitrogens with zero attached hydrogens (tertiary/aromatic N) is 3. The van der Waals surface area contributed by atoms with Crippen LogP contribution in [0.4, 0.5) is 0 Å². The van der Waals surface area contributed by atoms with Gasteiger partial charge in [0.25, 0.3) is 5.91 Å². The van der Waals surface area contributed by atoms with Gasteiger partial charge < -0.3 is 4.90 Å². The molecule has 1 aromatic carbocycles. The number of hydrogen-bond acceptors (Lipinski definition) is 3. The molecule has 6 heteroatoms. The summed E-state index contributed by atoms with van der Waals surface area (Å²) < 4.78 is 0.804. The highest BCUT2D eigenvalue weighted by Crippen LogP contribution is 2.26. The lowest BCUT2D eigenvalue weighted by Crippen LogP contribution is -2.35. The van der Waals surface area contributed by atoms with Crippen LogP contribution in [0.3, 0.4) is 0 Å². The number of aromatic amines is 1. The molecule has 0 radical (unpaired) electrons. The fourth-order valence-electron chi connectivity index (χ4n) is 3.38. The Morgan fingerprint density at radius 3 is 2.69 bits per heavy atom. The van der Waals surface area contributed by atoms with E-state index in [1.54, 1.807) is 0 Å². The lowest BCUT2D eigenvalue weighted by atomic mass is 10.1. The van der Waals surface area contributed by atoms with Crippen LogP contribution in [-0.2, 0) is 6.54 Å². The first-order chi connectivity index (χ1) is 12.5. The Labute approximate surface area is 163 Å². The Morgan fingerprint density at radius 1 is 1.23 bits per heavy atom. The summed E-state index contributed by atoms with van der Waals surface area (Å²) in [6.07, 6.45) is 0.983. The highest BCUT2D eigenvalue weighted by molar-refractivity contribution is 9.10. The number of H-pyrrole nitrogens is 1. The van der Waals surface area contributed by atoms with Crippen LogP contribution in [0.2, 0.25) is 0 Å². The van der Waals surface area contributed by atoms with E-state index < -0.39 is 0 Å². The molecule has 3 rings (SSSR count). The van der Waals surface area contributed by atoms with Crippen molar-refractivity contribution in [1.82, 2.24) is 20.0 Å². The monoisotopic (exact) mass is 418 g/mol. The molecule has 1 aromatic heterocycles. The molecule has 0 aliphatic carbocycles. The smallest absolute Gasteiger partial charge is 0.275 e. The van der Waals surface area contributed by atoms with Gasteiger partial charge in [-0.1, -0.05) is 38.1 Å². The third-order valence-electron chi connectivity index (χ3n) is 5.04. The van der Waals surface area contributed by atoms with Gasteiger partial charge in [-0.2, -0.15) is 5.10 Å². The van der Waals surface area contributed by atoms with Gasteiger partial charge in [-0.25, -0.2) is 0 Å². The minimum absolute atomic E-state index is 0.0118. The standard InChI is InChI=1S/C20H27BrN4O/c1-14(2)18-17(21)19(23-22-18)20(26)25-10-6-9-24(11-12-25)13-16-8-5-4-7-15(16)3/h4-5,7-8,14H,6,9-13H2,1-3H3,(H,22,23). The second-order valence-corrected chi connectivity index (χ2v) is 8.10. The zero-order chi connectivity index (χ0) is 18.7. The van der Waals surface area contributed by atoms with E-state index in [0.717, 1.165) is 49.3 Å². The average Bonchev–Trinajstić information content (AvgIpc) is 2.85. The molecule has 1 N–H and O–H groups in total. The highest BCUT2D eigenvalue weighted by Gasteiger charge is 2.26.